The second-order valence-corrected chi connectivity index (χ2v) is 5.57. The lowest BCUT2D eigenvalue weighted by atomic mass is 10.0. The molecule has 0 radical (unpaired) electrons. The fourth-order valence-electron chi connectivity index (χ4n) is 1.53. The third-order valence-corrected chi connectivity index (χ3v) is 3.44. The molecule has 2 rings (SSSR count). The Hall–Kier alpha value is -0.710. The first-order valence-electron chi connectivity index (χ1n) is 5.19. The van der Waals surface area contributed by atoms with Crippen molar-refractivity contribution in [2.75, 3.05) is 0 Å². The van der Waals surface area contributed by atoms with Crippen LogP contribution in [0.15, 0.2) is 51.5 Å². The largest absolute Gasteiger partial charge is 0.388 e. The van der Waals surface area contributed by atoms with Crippen molar-refractivity contribution in [2.24, 2.45) is 0 Å². The van der Waals surface area contributed by atoms with Gasteiger partial charge in [-0.05, 0) is 45.8 Å². The molecule has 0 aliphatic rings. The molecule has 1 heterocycles. The highest BCUT2D eigenvalue weighted by Crippen LogP contribution is 2.20. The topological polar surface area (TPSA) is 33.1 Å². The van der Waals surface area contributed by atoms with Crippen LogP contribution in [-0.4, -0.2) is 10.1 Å². The summed E-state index contributed by atoms with van der Waals surface area (Å²) in [5.41, 5.74) is 1.78. The number of hydrogen-bond donors (Lipinski definition) is 1. The number of pyridine rings is 1. The van der Waals surface area contributed by atoms with E-state index < -0.39 is 6.10 Å². The van der Waals surface area contributed by atoms with Gasteiger partial charge in [0.1, 0.15) is 0 Å². The van der Waals surface area contributed by atoms with Crippen molar-refractivity contribution >= 4 is 31.9 Å². The molecule has 17 heavy (non-hydrogen) atoms. The number of halogens is 2. The van der Waals surface area contributed by atoms with E-state index in [0.29, 0.717) is 6.42 Å². The van der Waals surface area contributed by atoms with Gasteiger partial charge in [-0.15, -0.1) is 0 Å². The van der Waals surface area contributed by atoms with Crippen LogP contribution in [-0.2, 0) is 6.42 Å². The lowest BCUT2D eigenvalue weighted by molar-refractivity contribution is 0.177. The molecule has 2 aromatic rings. The third kappa shape index (κ3) is 3.63. The maximum absolute atomic E-state index is 10.1. The van der Waals surface area contributed by atoms with Crippen LogP contribution in [0.4, 0.5) is 0 Å². The number of aromatic nitrogens is 1. The summed E-state index contributed by atoms with van der Waals surface area (Å²) in [6.07, 6.45) is 1.75. The van der Waals surface area contributed by atoms with Gasteiger partial charge in [-0.25, -0.2) is 0 Å². The molecule has 0 spiro atoms. The Labute approximate surface area is 117 Å². The van der Waals surface area contributed by atoms with Crippen molar-refractivity contribution in [1.82, 2.24) is 4.98 Å². The first kappa shape index (κ1) is 12.7. The lowest BCUT2D eigenvalue weighted by Crippen LogP contribution is -2.03. The predicted molar refractivity (Wildman–Crippen MR) is 74.7 cm³/mol. The maximum atomic E-state index is 10.1. The summed E-state index contributed by atoms with van der Waals surface area (Å²) in [5, 5.41) is 10.1. The molecule has 0 aliphatic heterocycles. The Balaban J connectivity index is 2.08. The zero-order chi connectivity index (χ0) is 12.3. The minimum absolute atomic E-state index is 0.517. The summed E-state index contributed by atoms with van der Waals surface area (Å²) >= 11 is 6.70. The standard InChI is InChI=1S/C13H11Br2NO/c14-10-3-1-9(2-4-10)13(17)7-12-6-5-11(15)8-16-12/h1-6,8,13,17H,7H2. The van der Waals surface area contributed by atoms with Crippen molar-refractivity contribution in [2.45, 2.75) is 12.5 Å². The van der Waals surface area contributed by atoms with Crippen molar-refractivity contribution in [3.8, 4) is 0 Å². The van der Waals surface area contributed by atoms with Gasteiger partial charge in [-0.2, -0.15) is 0 Å². The minimum atomic E-state index is -0.517. The SMILES string of the molecule is OC(Cc1ccc(Br)cn1)c1ccc(Br)cc1. The van der Waals surface area contributed by atoms with Crippen LogP contribution in [0.25, 0.3) is 0 Å². The van der Waals surface area contributed by atoms with Crippen LogP contribution < -0.4 is 0 Å². The smallest absolute Gasteiger partial charge is 0.0845 e. The number of rotatable bonds is 3. The van der Waals surface area contributed by atoms with E-state index in [1.165, 1.54) is 0 Å². The first-order chi connectivity index (χ1) is 8.15. The number of benzene rings is 1. The van der Waals surface area contributed by atoms with Gasteiger partial charge in [0.25, 0.3) is 0 Å². The Morgan fingerprint density at radius 3 is 2.24 bits per heavy atom. The monoisotopic (exact) mass is 355 g/mol. The molecule has 1 aromatic carbocycles. The molecule has 1 aromatic heterocycles. The highest BCUT2D eigenvalue weighted by atomic mass is 79.9. The van der Waals surface area contributed by atoms with Gasteiger partial charge in [0.15, 0.2) is 0 Å². The zero-order valence-electron chi connectivity index (χ0n) is 8.98. The van der Waals surface area contributed by atoms with Crippen LogP contribution in [0.2, 0.25) is 0 Å². The Morgan fingerprint density at radius 1 is 1.00 bits per heavy atom. The van der Waals surface area contributed by atoms with E-state index in [4.69, 9.17) is 0 Å². The van der Waals surface area contributed by atoms with Crippen LogP contribution in [0.5, 0.6) is 0 Å². The van der Waals surface area contributed by atoms with E-state index >= 15 is 0 Å². The third-order valence-electron chi connectivity index (χ3n) is 2.45. The highest BCUT2D eigenvalue weighted by Gasteiger charge is 2.09. The summed E-state index contributed by atoms with van der Waals surface area (Å²) in [7, 11) is 0. The Bertz CT molecular complexity index is 482. The molecular formula is C13H11Br2NO. The second kappa shape index (κ2) is 5.76. The summed E-state index contributed by atoms with van der Waals surface area (Å²) < 4.78 is 1.95. The summed E-state index contributed by atoms with van der Waals surface area (Å²) in [4.78, 5) is 4.25. The summed E-state index contributed by atoms with van der Waals surface area (Å²) in [5.74, 6) is 0. The van der Waals surface area contributed by atoms with Gasteiger partial charge in [-0.3, -0.25) is 4.98 Å². The molecule has 1 atom stereocenters. The van der Waals surface area contributed by atoms with Gasteiger partial charge < -0.3 is 5.11 Å². The zero-order valence-corrected chi connectivity index (χ0v) is 12.1. The Morgan fingerprint density at radius 2 is 1.65 bits per heavy atom. The molecule has 88 valence electrons. The minimum Gasteiger partial charge on any atom is -0.388 e. The van der Waals surface area contributed by atoms with E-state index in [1.54, 1.807) is 6.20 Å². The van der Waals surface area contributed by atoms with E-state index in [1.807, 2.05) is 36.4 Å². The Kier molecular flexibility index (Phi) is 4.31. The molecule has 4 heteroatoms. The second-order valence-electron chi connectivity index (χ2n) is 3.74. The van der Waals surface area contributed by atoms with Gasteiger partial charge in [-0.1, -0.05) is 28.1 Å². The van der Waals surface area contributed by atoms with Crippen molar-refractivity contribution in [1.29, 1.82) is 0 Å². The average Bonchev–Trinajstić information content (AvgIpc) is 2.33. The van der Waals surface area contributed by atoms with Gasteiger partial charge in [0, 0.05) is 27.3 Å². The number of aliphatic hydroxyl groups excluding tert-OH is 1. The lowest BCUT2D eigenvalue weighted by Gasteiger charge is -2.10. The molecule has 1 N–H and O–H groups in total. The molecule has 1 unspecified atom stereocenters. The van der Waals surface area contributed by atoms with Gasteiger partial charge in [0.05, 0.1) is 6.10 Å². The van der Waals surface area contributed by atoms with Gasteiger partial charge in [0.2, 0.25) is 0 Å². The number of nitrogens with zero attached hydrogens (tertiary/aromatic N) is 1. The molecule has 0 fully saturated rings. The summed E-state index contributed by atoms with van der Waals surface area (Å²) in [6, 6.07) is 11.5. The van der Waals surface area contributed by atoms with Crippen LogP contribution in [0, 0.1) is 0 Å². The molecule has 0 amide bonds. The van der Waals surface area contributed by atoms with E-state index in [9.17, 15) is 5.11 Å². The average molecular weight is 357 g/mol. The quantitative estimate of drug-likeness (QED) is 0.905. The van der Waals surface area contributed by atoms with Crippen LogP contribution >= 0.6 is 31.9 Å². The molecule has 0 bridgehead atoms. The predicted octanol–water partition coefficient (Wildman–Crippen LogP) is 3.88. The molecule has 2 nitrogen and oxygen atoms in total. The molecule has 0 aliphatic carbocycles. The maximum Gasteiger partial charge on any atom is 0.0845 e. The van der Waals surface area contributed by atoms with Gasteiger partial charge >= 0.3 is 0 Å². The fraction of sp³-hybridized carbons (Fsp3) is 0.154. The summed E-state index contributed by atoms with van der Waals surface area (Å²) in [6.45, 7) is 0. The normalized spacial score (nSPS) is 12.4. The number of hydrogen-bond acceptors (Lipinski definition) is 2. The van der Waals surface area contributed by atoms with E-state index in [2.05, 4.69) is 36.8 Å². The van der Waals surface area contributed by atoms with E-state index in [0.717, 1.165) is 20.2 Å². The number of aliphatic hydroxyl groups is 1. The van der Waals surface area contributed by atoms with E-state index in [-0.39, 0.29) is 0 Å². The molecule has 0 saturated heterocycles. The first-order valence-corrected chi connectivity index (χ1v) is 6.78. The molecule has 0 saturated carbocycles. The van der Waals surface area contributed by atoms with Crippen LogP contribution in [0.1, 0.15) is 17.4 Å². The fourth-order valence-corrected chi connectivity index (χ4v) is 2.03. The van der Waals surface area contributed by atoms with Crippen LogP contribution in [0.3, 0.4) is 0 Å². The van der Waals surface area contributed by atoms with Crippen molar-refractivity contribution in [3.63, 3.8) is 0 Å². The van der Waals surface area contributed by atoms with Crippen molar-refractivity contribution < 1.29 is 5.11 Å². The molecular weight excluding hydrogens is 346 g/mol. The highest BCUT2D eigenvalue weighted by molar-refractivity contribution is 9.10. The van der Waals surface area contributed by atoms with Crippen molar-refractivity contribution in [3.05, 3.63) is 62.8 Å².